The summed E-state index contributed by atoms with van der Waals surface area (Å²) in [4.78, 5) is 12.7. The molecule has 2 aromatic rings. The quantitative estimate of drug-likeness (QED) is 0.300. The molecule has 1 aliphatic heterocycles. The fraction of sp³-hybridized carbons (Fsp3) is 0.480. The van der Waals surface area contributed by atoms with Crippen molar-refractivity contribution in [1.82, 2.24) is 9.62 Å². The minimum absolute atomic E-state index is 0.358. The number of piperidine rings is 1. The van der Waals surface area contributed by atoms with Crippen molar-refractivity contribution in [3.63, 3.8) is 0 Å². The minimum Gasteiger partial charge on any atom is -0.481 e. The maximum atomic E-state index is 13.6. The number of nitrogens with one attached hydrogen (secondary N) is 2. The van der Waals surface area contributed by atoms with Gasteiger partial charge in [0.15, 0.2) is 0 Å². The number of sulfonamides is 1. The lowest BCUT2D eigenvalue weighted by Gasteiger charge is -2.37. The first-order valence-corrected chi connectivity index (χ1v) is 16.3. The first kappa shape index (κ1) is 32.2. The molecule has 0 radical (unpaired) electrons. The number of hydrogen-bond acceptors (Lipinski definition) is 8. The molecular formula is C25H32F3N3O6S3. The molecule has 0 bridgehead atoms. The van der Waals surface area contributed by atoms with Gasteiger partial charge < -0.3 is 15.3 Å². The third-order valence-electron chi connectivity index (χ3n) is 6.95. The summed E-state index contributed by atoms with van der Waals surface area (Å²) in [5.74, 6) is -0.486. The summed E-state index contributed by atoms with van der Waals surface area (Å²) in [5, 5.41) is 12.4. The number of nitrogens with zero attached hydrogens (tertiary/aromatic N) is 1. The Bertz CT molecular complexity index is 1400. The Hall–Kier alpha value is -2.33. The third-order valence-corrected chi connectivity index (χ3v) is 11.1. The first-order chi connectivity index (χ1) is 18.6. The Morgan fingerprint density at radius 1 is 1.10 bits per heavy atom. The maximum Gasteiger partial charge on any atom is 0.501 e. The first-order valence-electron chi connectivity index (χ1n) is 12.4. The van der Waals surface area contributed by atoms with Crippen LogP contribution in [0.25, 0.3) is 0 Å². The number of halogens is 3. The number of hydrogen-bond donors (Lipinski definition) is 3. The number of aliphatic carboxylic acids is 1. The molecule has 1 aliphatic rings. The van der Waals surface area contributed by atoms with Gasteiger partial charge in [0, 0.05) is 23.2 Å². The monoisotopic (exact) mass is 623 g/mol. The molecule has 1 atom stereocenters. The van der Waals surface area contributed by atoms with Crippen molar-refractivity contribution in [2.24, 2.45) is 5.41 Å². The molecular weight excluding hydrogens is 591 g/mol. The van der Waals surface area contributed by atoms with Gasteiger partial charge in [0.2, 0.25) is 10.0 Å². The topological polar surface area (TPSA) is 133 Å². The average molecular weight is 624 g/mol. The second kappa shape index (κ2) is 12.7. The van der Waals surface area contributed by atoms with Gasteiger partial charge in [-0.25, -0.2) is 21.6 Å². The third kappa shape index (κ3) is 7.69. The number of likely N-dealkylation sites (tertiary alicyclic amines) is 1. The van der Waals surface area contributed by atoms with Gasteiger partial charge in [0.1, 0.15) is 4.90 Å². The van der Waals surface area contributed by atoms with E-state index in [4.69, 9.17) is 0 Å². The number of thioether (sulfide) groups is 1. The Morgan fingerprint density at radius 2 is 1.73 bits per heavy atom. The molecule has 0 amide bonds. The number of anilines is 1. The van der Waals surface area contributed by atoms with Crippen molar-refractivity contribution in [2.75, 3.05) is 37.8 Å². The normalized spacial score (nSPS) is 17.3. The van der Waals surface area contributed by atoms with E-state index in [1.807, 2.05) is 35.1 Å². The summed E-state index contributed by atoms with van der Waals surface area (Å²) >= 11 is 1.43. The van der Waals surface area contributed by atoms with E-state index in [0.717, 1.165) is 24.1 Å². The summed E-state index contributed by atoms with van der Waals surface area (Å²) in [7, 11) is -9.05. The van der Waals surface area contributed by atoms with Crippen molar-refractivity contribution in [3.8, 4) is 0 Å². The van der Waals surface area contributed by atoms with Crippen LogP contribution < -0.4 is 10.0 Å². The van der Waals surface area contributed by atoms with Gasteiger partial charge >= 0.3 is 11.5 Å². The molecule has 1 fully saturated rings. The molecule has 3 N–H and O–H groups in total. The fourth-order valence-electron chi connectivity index (χ4n) is 4.21. The Kier molecular flexibility index (Phi) is 10.2. The summed E-state index contributed by atoms with van der Waals surface area (Å²) in [6, 6.07) is 11.3. The molecule has 1 saturated heterocycles. The molecule has 0 aliphatic carbocycles. The molecule has 9 nitrogen and oxygen atoms in total. The highest BCUT2D eigenvalue weighted by Crippen LogP contribution is 2.37. The lowest BCUT2D eigenvalue weighted by Crippen LogP contribution is -2.43. The fourth-order valence-corrected chi connectivity index (χ4v) is 6.98. The van der Waals surface area contributed by atoms with Crippen LogP contribution in [0, 0.1) is 5.41 Å². The van der Waals surface area contributed by atoms with Crippen molar-refractivity contribution in [1.29, 1.82) is 0 Å². The smallest absolute Gasteiger partial charge is 0.481 e. The van der Waals surface area contributed by atoms with Crippen LogP contribution >= 0.6 is 11.8 Å². The number of alkyl halides is 3. The van der Waals surface area contributed by atoms with Gasteiger partial charge in [-0.15, -0.1) is 11.8 Å². The molecule has 0 unspecified atom stereocenters. The van der Waals surface area contributed by atoms with E-state index in [1.165, 1.54) is 11.8 Å². The minimum atomic E-state index is -5.89. The van der Waals surface area contributed by atoms with Crippen LogP contribution in [0.1, 0.15) is 26.2 Å². The van der Waals surface area contributed by atoms with E-state index >= 15 is 0 Å². The van der Waals surface area contributed by atoms with E-state index in [2.05, 4.69) is 10.2 Å². The van der Waals surface area contributed by atoms with Crippen LogP contribution in [0.2, 0.25) is 0 Å². The summed E-state index contributed by atoms with van der Waals surface area (Å²) in [6.07, 6.45) is 1.31. The van der Waals surface area contributed by atoms with Gasteiger partial charge in [-0.2, -0.15) is 13.2 Å². The second-order valence-corrected chi connectivity index (χ2v) is 14.7. The average Bonchev–Trinajstić information content (AvgIpc) is 2.91. The van der Waals surface area contributed by atoms with Crippen molar-refractivity contribution >= 4 is 43.3 Å². The SMILES string of the molecule is CNS(=O)(=O)c1ccc(N[C@H](CCN2CCC(C)(C(=O)O)CC2)CSc2ccccc2)c(S(=O)(=O)C(F)(F)F)c1. The van der Waals surface area contributed by atoms with Crippen LogP contribution in [0.4, 0.5) is 18.9 Å². The number of carbonyl (C=O) groups is 1. The highest BCUT2D eigenvalue weighted by molar-refractivity contribution is 7.99. The van der Waals surface area contributed by atoms with Crippen LogP contribution in [0.5, 0.6) is 0 Å². The largest absolute Gasteiger partial charge is 0.501 e. The molecule has 0 aromatic heterocycles. The zero-order valence-corrected chi connectivity index (χ0v) is 24.4. The molecule has 15 heteroatoms. The van der Waals surface area contributed by atoms with E-state index in [1.54, 1.807) is 6.92 Å². The van der Waals surface area contributed by atoms with Crippen LogP contribution in [0.15, 0.2) is 63.2 Å². The lowest BCUT2D eigenvalue weighted by atomic mass is 9.80. The predicted octanol–water partition coefficient (Wildman–Crippen LogP) is 4.04. The van der Waals surface area contributed by atoms with Gasteiger partial charge in [0.05, 0.1) is 16.0 Å². The van der Waals surface area contributed by atoms with Gasteiger partial charge in [-0.1, -0.05) is 18.2 Å². The molecule has 3 rings (SSSR count). The number of carboxylic acids is 1. The van der Waals surface area contributed by atoms with Crippen molar-refractivity contribution < 1.29 is 39.9 Å². The van der Waals surface area contributed by atoms with Gasteiger partial charge in [-0.05, 0) is 76.7 Å². The van der Waals surface area contributed by atoms with E-state index in [-0.39, 0.29) is 5.69 Å². The van der Waals surface area contributed by atoms with Crippen LogP contribution in [-0.2, 0) is 24.7 Å². The number of carboxylic acid groups (broad SMARTS) is 1. The van der Waals surface area contributed by atoms with Gasteiger partial charge in [-0.3, -0.25) is 4.79 Å². The van der Waals surface area contributed by atoms with Crippen molar-refractivity contribution in [3.05, 3.63) is 48.5 Å². The zero-order valence-electron chi connectivity index (χ0n) is 21.9. The van der Waals surface area contributed by atoms with E-state index in [9.17, 15) is 39.9 Å². The summed E-state index contributed by atoms with van der Waals surface area (Å²) in [5.41, 5.74) is -6.82. The van der Waals surface area contributed by atoms with E-state index in [0.29, 0.717) is 50.7 Å². The molecule has 0 saturated carbocycles. The lowest BCUT2D eigenvalue weighted by molar-refractivity contribution is -0.150. The number of benzene rings is 2. The molecule has 40 heavy (non-hydrogen) atoms. The van der Waals surface area contributed by atoms with Crippen molar-refractivity contribution in [2.45, 2.75) is 52.4 Å². The van der Waals surface area contributed by atoms with Gasteiger partial charge in [0.25, 0.3) is 9.84 Å². The Balaban J connectivity index is 1.89. The predicted molar refractivity (Wildman–Crippen MR) is 147 cm³/mol. The Morgan fingerprint density at radius 3 is 2.27 bits per heavy atom. The second-order valence-electron chi connectivity index (χ2n) is 9.78. The molecule has 222 valence electrons. The maximum absolute atomic E-state index is 13.6. The Labute approximate surface area is 236 Å². The molecule has 0 spiro atoms. The summed E-state index contributed by atoms with van der Waals surface area (Å²) in [6.45, 7) is 3.27. The van der Waals surface area contributed by atoms with Crippen LogP contribution in [0.3, 0.4) is 0 Å². The standard InChI is InChI=1S/C25H32F3N3O6S3/c1-24(23(32)33)11-14-31(15-12-24)13-10-18(17-38-19-6-4-3-5-7-19)30-21-9-8-20(40(36,37)29-2)16-22(21)39(34,35)25(26,27)28/h3-9,16,18,29-30H,10-15,17H2,1-2H3,(H,32,33)/t18-/m1/s1. The van der Waals surface area contributed by atoms with Crippen LogP contribution in [-0.4, -0.2) is 76.8 Å². The number of rotatable bonds is 12. The van der Waals surface area contributed by atoms with E-state index < -0.39 is 52.6 Å². The molecule has 2 aromatic carbocycles. The zero-order chi connectivity index (χ0) is 29.8. The highest BCUT2D eigenvalue weighted by Gasteiger charge is 2.48. The summed E-state index contributed by atoms with van der Waals surface area (Å²) < 4.78 is 92.2. The molecule has 1 heterocycles. The number of sulfone groups is 1. The highest BCUT2D eigenvalue weighted by atomic mass is 32.2.